The average Bonchev–Trinajstić information content (AvgIpc) is 2.83. The first-order valence-corrected chi connectivity index (χ1v) is 8.90. The number of nitrogens with one attached hydrogen (secondary N) is 1. The maximum absolute atomic E-state index is 12.6. The molecule has 3 rings (SSSR count). The van der Waals surface area contributed by atoms with E-state index in [1.165, 1.54) is 0 Å². The number of rotatable bonds is 3. The monoisotopic (exact) mass is 344 g/mol. The molecule has 1 aromatic rings. The van der Waals surface area contributed by atoms with Gasteiger partial charge in [0.1, 0.15) is 0 Å². The van der Waals surface area contributed by atoms with Crippen molar-refractivity contribution in [2.45, 2.75) is 51.0 Å². The zero-order chi connectivity index (χ0) is 18.0. The third kappa shape index (κ3) is 3.67. The molecule has 0 saturated heterocycles. The van der Waals surface area contributed by atoms with E-state index in [2.05, 4.69) is 5.32 Å². The number of anilines is 1. The topological polar surface area (TPSA) is 86.7 Å². The van der Waals surface area contributed by atoms with Gasteiger partial charge in [0, 0.05) is 30.8 Å². The lowest BCUT2D eigenvalue weighted by atomic mass is 9.94. The second-order valence-electron chi connectivity index (χ2n) is 6.96. The van der Waals surface area contributed by atoms with E-state index in [9.17, 15) is 19.5 Å². The summed E-state index contributed by atoms with van der Waals surface area (Å²) in [4.78, 5) is 37.5. The van der Waals surface area contributed by atoms with Gasteiger partial charge in [-0.2, -0.15) is 0 Å². The van der Waals surface area contributed by atoms with Crippen LogP contribution in [0.4, 0.5) is 5.69 Å². The molecule has 0 spiro atoms. The molecule has 2 atom stereocenters. The van der Waals surface area contributed by atoms with E-state index in [1.54, 1.807) is 24.1 Å². The summed E-state index contributed by atoms with van der Waals surface area (Å²) in [6.45, 7) is 0. The first kappa shape index (κ1) is 17.5. The van der Waals surface area contributed by atoms with Crippen molar-refractivity contribution >= 4 is 23.5 Å². The number of hydrogen-bond acceptors (Lipinski definition) is 3. The summed E-state index contributed by atoms with van der Waals surface area (Å²) >= 11 is 0. The van der Waals surface area contributed by atoms with Crippen molar-refractivity contribution in [3.63, 3.8) is 0 Å². The van der Waals surface area contributed by atoms with Gasteiger partial charge in [-0.15, -0.1) is 0 Å². The first-order valence-electron chi connectivity index (χ1n) is 8.90. The van der Waals surface area contributed by atoms with Crippen molar-refractivity contribution < 1.29 is 19.5 Å². The van der Waals surface area contributed by atoms with Gasteiger partial charge in [0.25, 0.3) is 5.91 Å². The lowest BCUT2D eigenvalue weighted by Gasteiger charge is -2.26. The third-order valence-corrected chi connectivity index (χ3v) is 5.33. The minimum atomic E-state index is -0.835. The summed E-state index contributed by atoms with van der Waals surface area (Å²) in [5.41, 5.74) is 2.34. The molecular weight excluding hydrogens is 320 g/mol. The number of aliphatic carboxylic acids is 1. The Balaban J connectivity index is 1.76. The van der Waals surface area contributed by atoms with Crippen LogP contribution in [0.15, 0.2) is 18.2 Å². The highest BCUT2D eigenvalue weighted by atomic mass is 16.4. The minimum absolute atomic E-state index is 0.0763. The highest BCUT2D eigenvalue weighted by Gasteiger charge is 2.31. The van der Waals surface area contributed by atoms with Crippen molar-refractivity contribution in [3.8, 4) is 0 Å². The van der Waals surface area contributed by atoms with Crippen molar-refractivity contribution in [1.29, 1.82) is 0 Å². The molecule has 2 aliphatic rings. The van der Waals surface area contributed by atoms with Gasteiger partial charge in [-0.25, -0.2) is 0 Å². The standard InChI is InChI=1S/C19H24N2O4/c1-21-16-9-7-13(11-12(16)8-10-17(21)22)18(23)20-15-6-4-2-3-5-14(15)19(24)25/h7,9,11,14-15H,2-6,8,10H2,1H3,(H,20,23)(H,24,25)/t14-,15+/m1/s1. The number of aryl methyl sites for hydroxylation is 1. The van der Waals surface area contributed by atoms with Crippen molar-refractivity contribution in [2.75, 3.05) is 11.9 Å². The highest BCUT2D eigenvalue weighted by Crippen LogP contribution is 2.28. The molecule has 0 unspecified atom stereocenters. The molecule has 0 bridgehead atoms. The van der Waals surface area contributed by atoms with Crippen LogP contribution in [0.25, 0.3) is 0 Å². The maximum Gasteiger partial charge on any atom is 0.308 e. The molecule has 1 saturated carbocycles. The van der Waals surface area contributed by atoms with E-state index < -0.39 is 11.9 Å². The van der Waals surface area contributed by atoms with E-state index in [0.29, 0.717) is 31.2 Å². The van der Waals surface area contributed by atoms with Gasteiger partial charge >= 0.3 is 5.97 Å². The Labute approximate surface area is 147 Å². The zero-order valence-corrected chi connectivity index (χ0v) is 14.5. The van der Waals surface area contributed by atoms with Crippen LogP contribution in [0, 0.1) is 5.92 Å². The molecule has 0 aromatic heterocycles. The summed E-state index contributed by atoms with van der Waals surface area (Å²) in [6.07, 6.45) is 5.21. The molecular formula is C19H24N2O4. The van der Waals surface area contributed by atoms with Crippen LogP contribution in [0.1, 0.15) is 54.4 Å². The van der Waals surface area contributed by atoms with Crippen LogP contribution in [-0.2, 0) is 16.0 Å². The van der Waals surface area contributed by atoms with Gasteiger partial charge in [-0.3, -0.25) is 14.4 Å². The molecule has 2 N–H and O–H groups in total. The fourth-order valence-electron chi connectivity index (χ4n) is 3.83. The Morgan fingerprint density at radius 2 is 1.92 bits per heavy atom. The molecule has 1 aliphatic carbocycles. The van der Waals surface area contributed by atoms with Crippen LogP contribution in [0.3, 0.4) is 0 Å². The lowest BCUT2D eigenvalue weighted by Crippen LogP contribution is -2.43. The molecule has 1 fully saturated rings. The molecule has 1 aliphatic heterocycles. The van der Waals surface area contributed by atoms with Gasteiger partial charge in [0.2, 0.25) is 5.91 Å². The molecule has 1 aromatic carbocycles. The quantitative estimate of drug-likeness (QED) is 0.824. The second kappa shape index (κ2) is 7.25. The fraction of sp³-hybridized carbons (Fsp3) is 0.526. The van der Waals surface area contributed by atoms with Crippen LogP contribution in [0.2, 0.25) is 0 Å². The van der Waals surface area contributed by atoms with E-state index in [0.717, 1.165) is 30.5 Å². The number of carboxylic acid groups (broad SMARTS) is 1. The first-order chi connectivity index (χ1) is 12.0. The molecule has 6 heteroatoms. The molecule has 25 heavy (non-hydrogen) atoms. The second-order valence-corrected chi connectivity index (χ2v) is 6.96. The Morgan fingerprint density at radius 1 is 1.16 bits per heavy atom. The van der Waals surface area contributed by atoms with Crippen LogP contribution < -0.4 is 10.2 Å². The smallest absolute Gasteiger partial charge is 0.308 e. The van der Waals surface area contributed by atoms with Gasteiger partial charge in [0.15, 0.2) is 0 Å². The molecule has 134 valence electrons. The number of nitrogens with zero attached hydrogens (tertiary/aromatic N) is 1. The molecule has 1 heterocycles. The van der Waals surface area contributed by atoms with Crippen molar-refractivity contribution in [2.24, 2.45) is 5.92 Å². The Bertz CT molecular complexity index is 701. The predicted octanol–water partition coefficient (Wildman–Crippen LogP) is 2.36. The summed E-state index contributed by atoms with van der Waals surface area (Å²) in [5.74, 6) is -1.52. The number of benzene rings is 1. The fourth-order valence-corrected chi connectivity index (χ4v) is 3.83. The Hall–Kier alpha value is -2.37. The summed E-state index contributed by atoms with van der Waals surface area (Å²) in [7, 11) is 1.74. The minimum Gasteiger partial charge on any atom is -0.481 e. The van der Waals surface area contributed by atoms with Crippen LogP contribution >= 0.6 is 0 Å². The summed E-state index contributed by atoms with van der Waals surface area (Å²) < 4.78 is 0. The summed E-state index contributed by atoms with van der Waals surface area (Å²) in [5, 5.41) is 12.4. The summed E-state index contributed by atoms with van der Waals surface area (Å²) in [6, 6.07) is 4.99. The van der Waals surface area contributed by atoms with Gasteiger partial charge < -0.3 is 15.3 Å². The number of fused-ring (bicyclic) bond motifs is 1. The largest absolute Gasteiger partial charge is 0.481 e. The predicted molar refractivity (Wildman–Crippen MR) is 93.6 cm³/mol. The number of amides is 2. The number of carboxylic acids is 1. The lowest BCUT2D eigenvalue weighted by molar-refractivity contribution is -0.142. The molecule has 6 nitrogen and oxygen atoms in total. The highest BCUT2D eigenvalue weighted by molar-refractivity contribution is 5.99. The van der Waals surface area contributed by atoms with E-state index in [1.807, 2.05) is 6.07 Å². The van der Waals surface area contributed by atoms with Crippen molar-refractivity contribution in [1.82, 2.24) is 5.32 Å². The van der Waals surface area contributed by atoms with Crippen LogP contribution in [-0.4, -0.2) is 36.0 Å². The average molecular weight is 344 g/mol. The Morgan fingerprint density at radius 3 is 2.68 bits per heavy atom. The number of carbonyl (C=O) groups is 3. The number of hydrogen-bond donors (Lipinski definition) is 2. The molecule has 0 radical (unpaired) electrons. The SMILES string of the molecule is CN1C(=O)CCc2cc(C(=O)N[C@H]3CCCCC[C@H]3C(=O)O)ccc21. The zero-order valence-electron chi connectivity index (χ0n) is 14.5. The van der Waals surface area contributed by atoms with Crippen LogP contribution in [0.5, 0.6) is 0 Å². The van der Waals surface area contributed by atoms with E-state index >= 15 is 0 Å². The van der Waals surface area contributed by atoms with Gasteiger partial charge in [-0.05, 0) is 43.0 Å². The van der Waals surface area contributed by atoms with Gasteiger partial charge in [0.05, 0.1) is 5.92 Å². The van der Waals surface area contributed by atoms with Gasteiger partial charge in [-0.1, -0.05) is 19.3 Å². The number of carbonyl (C=O) groups excluding carboxylic acids is 2. The van der Waals surface area contributed by atoms with E-state index in [4.69, 9.17) is 0 Å². The Kier molecular flexibility index (Phi) is 5.06. The van der Waals surface area contributed by atoms with E-state index in [-0.39, 0.29) is 17.9 Å². The third-order valence-electron chi connectivity index (χ3n) is 5.33. The maximum atomic E-state index is 12.6. The molecule has 2 amide bonds. The normalized spacial score (nSPS) is 23.6. The van der Waals surface area contributed by atoms with Crippen molar-refractivity contribution in [3.05, 3.63) is 29.3 Å².